The van der Waals surface area contributed by atoms with Crippen molar-refractivity contribution in [1.29, 1.82) is 5.26 Å². The van der Waals surface area contributed by atoms with Crippen molar-refractivity contribution in [2.24, 2.45) is 5.41 Å². The molecule has 0 atom stereocenters. The number of hydrogen-bond donors (Lipinski definition) is 2. The lowest BCUT2D eigenvalue weighted by Gasteiger charge is -2.31. The summed E-state index contributed by atoms with van der Waals surface area (Å²) >= 11 is 0. The van der Waals surface area contributed by atoms with Crippen LogP contribution in [0.5, 0.6) is 11.5 Å². The van der Waals surface area contributed by atoms with Gasteiger partial charge in [0.2, 0.25) is 0 Å². The number of benzene rings is 1. The number of phenolic OH excluding ortho intramolecular Hbond substituents is 1. The van der Waals surface area contributed by atoms with Crippen molar-refractivity contribution in [3.63, 3.8) is 0 Å². The molecule has 5 nitrogen and oxygen atoms in total. The molecule has 0 amide bonds. The predicted octanol–water partition coefficient (Wildman–Crippen LogP) is 2.65. The molecule has 1 fully saturated rings. The van der Waals surface area contributed by atoms with Crippen LogP contribution in [0.3, 0.4) is 0 Å². The lowest BCUT2D eigenvalue weighted by atomic mass is 9.70. The number of hydrogen-bond acceptors (Lipinski definition) is 4. The third-order valence-corrected chi connectivity index (χ3v) is 4.14. The Bertz CT molecular complexity index is 553. The van der Waals surface area contributed by atoms with Crippen LogP contribution in [-0.2, 0) is 4.79 Å². The molecule has 2 N–H and O–H groups in total. The van der Waals surface area contributed by atoms with Gasteiger partial charge in [0.1, 0.15) is 0 Å². The second-order valence-electron chi connectivity index (χ2n) is 5.20. The van der Waals surface area contributed by atoms with Gasteiger partial charge in [-0.3, -0.25) is 4.79 Å². The Morgan fingerprint density at radius 3 is 2.55 bits per heavy atom. The monoisotopic (exact) mass is 275 g/mol. The van der Waals surface area contributed by atoms with Crippen molar-refractivity contribution >= 4 is 5.97 Å². The molecule has 1 aromatic rings. The number of nitriles is 1. The molecule has 0 heterocycles. The van der Waals surface area contributed by atoms with E-state index in [1.807, 2.05) is 12.1 Å². The minimum Gasteiger partial charge on any atom is -0.504 e. The fourth-order valence-corrected chi connectivity index (χ4v) is 2.78. The van der Waals surface area contributed by atoms with E-state index in [2.05, 4.69) is 0 Å². The van der Waals surface area contributed by atoms with Crippen molar-refractivity contribution in [2.75, 3.05) is 7.11 Å². The summed E-state index contributed by atoms with van der Waals surface area (Å²) in [5, 5.41) is 28.1. The molecule has 5 heteroatoms. The predicted molar refractivity (Wildman–Crippen MR) is 71.5 cm³/mol. The molecule has 0 unspecified atom stereocenters. The first-order valence-corrected chi connectivity index (χ1v) is 6.54. The summed E-state index contributed by atoms with van der Waals surface area (Å²) in [6, 6.07) is 7.19. The number of rotatable bonds is 3. The molecule has 0 bridgehead atoms. The SMILES string of the molecule is COc1ccc(C2CCC(C#N)(C(=O)O)CC2)cc1O. The fourth-order valence-electron chi connectivity index (χ4n) is 2.78. The zero-order valence-electron chi connectivity index (χ0n) is 11.3. The molecule has 1 aliphatic carbocycles. The van der Waals surface area contributed by atoms with Gasteiger partial charge in [0.25, 0.3) is 0 Å². The average molecular weight is 275 g/mol. The summed E-state index contributed by atoms with van der Waals surface area (Å²) < 4.78 is 5.00. The van der Waals surface area contributed by atoms with Crippen LogP contribution in [0.15, 0.2) is 18.2 Å². The van der Waals surface area contributed by atoms with E-state index in [1.54, 1.807) is 12.1 Å². The summed E-state index contributed by atoms with van der Waals surface area (Å²) in [5.74, 6) is -0.356. The Balaban J connectivity index is 2.13. The molecule has 20 heavy (non-hydrogen) atoms. The van der Waals surface area contributed by atoms with Gasteiger partial charge in [-0.25, -0.2) is 0 Å². The quantitative estimate of drug-likeness (QED) is 0.885. The van der Waals surface area contributed by atoms with Crippen LogP contribution >= 0.6 is 0 Å². The van der Waals surface area contributed by atoms with E-state index in [4.69, 9.17) is 10.00 Å². The zero-order valence-corrected chi connectivity index (χ0v) is 11.3. The molecular formula is C15H17NO4. The van der Waals surface area contributed by atoms with Crippen molar-refractivity contribution in [3.05, 3.63) is 23.8 Å². The van der Waals surface area contributed by atoms with Crippen molar-refractivity contribution in [3.8, 4) is 17.6 Å². The van der Waals surface area contributed by atoms with Crippen LogP contribution in [0.25, 0.3) is 0 Å². The number of ether oxygens (including phenoxy) is 1. The van der Waals surface area contributed by atoms with Gasteiger partial charge in [0.05, 0.1) is 13.2 Å². The van der Waals surface area contributed by atoms with Gasteiger partial charge < -0.3 is 14.9 Å². The number of nitrogens with zero attached hydrogens (tertiary/aromatic N) is 1. The van der Waals surface area contributed by atoms with E-state index in [1.165, 1.54) is 7.11 Å². The Hall–Kier alpha value is -2.22. The lowest BCUT2D eigenvalue weighted by Crippen LogP contribution is -2.33. The summed E-state index contributed by atoms with van der Waals surface area (Å²) in [6.07, 6.45) is 1.95. The maximum Gasteiger partial charge on any atom is 0.324 e. The van der Waals surface area contributed by atoms with Crippen molar-refractivity contribution in [2.45, 2.75) is 31.6 Å². The van der Waals surface area contributed by atoms with Crippen LogP contribution in [0.2, 0.25) is 0 Å². The van der Waals surface area contributed by atoms with Crippen LogP contribution in [0.4, 0.5) is 0 Å². The number of carboxylic acids is 1. The van der Waals surface area contributed by atoms with Crippen LogP contribution in [0.1, 0.15) is 37.2 Å². The average Bonchev–Trinajstić information content (AvgIpc) is 2.47. The topological polar surface area (TPSA) is 90.5 Å². The molecule has 106 valence electrons. The van der Waals surface area contributed by atoms with Crippen LogP contribution < -0.4 is 4.74 Å². The molecule has 0 aliphatic heterocycles. The largest absolute Gasteiger partial charge is 0.504 e. The molecular weight excluding hydrogens is 258 g/mol. The Labute approximate surface area is 117 Å². The summed E-state index contributed by atoms with van der Waals surface area (Å²) in [7, 11) is 1.49. The molecule has 1 aromatic carbocycles. The maximum absolute atomic E-state index is 11.2. The lowest BCUT2D eigenvalue weighted by molar-refractivity contribution is -0.147. The Kier molecular flexibility index (Phi) is 3.84. The summed E-state index contributed by atoms with van der Waals surface area (Å²) in [6.45, 7) is 0. The van der Waals surface area contributed by atoms with E-state index in [0.717, 1.165) is 5.56 Å². The second kappa shape index (κ2) is 5.41. The van der Waals surface area contributed by atoms with Gasteiger partial charge in [-0.2, -0.15) is 5.26 Å². The van der Waals surface area contributed by atoms with Gasteiger partial charge in [-0.05, 0) is 49.3 Å². The number of carbonyl (C=O) groups is 1. The van der Waals surface area contributed by atoms with Gasteiger partial charge in [-0.1, -0.05) is 6.07 Å². The normalized spacial score (nSPS) is 25.7. The zero-order chi connectivity index (χ0) is 14.8. The molecule has 0 radical (unpaired) electrons. The minimum atomic E-state index is -1.25. The van der Waals surface area contributed by atoms with E-state index in [-0.39, 0.29) is 11.7 Å². The van der Waals surface area contributed by atoms with E-state index >= 15 is 0 Å². The Morgan fingerprint density at radius 2 is 2.10 bits per heavy atom. The molecule has 2 rings (SSSR count). The number of aliphatic carboxylic acids is 1. The van der Waals surface area contributed by atoms with Crippen molar-refractivity contribution in [1.82, 2.24) is 0 Å². The molecule has 0 aromatic heterocycles. The molecule has 0 saturated heterocycles. The van der Waals surface area contributed by atoms with E-state index < -0.39 is 11.4 Å². The Morgan fingerprint density at radius 1 is 1.45 bits per heavy atom. The highest BCUT2D eigenvalue weighted by atomic mass is 16.5. The summed E-state index contributed by atoms with van der Waals surface area (Å²) in [5.41, 5.74) is -0.286. The van der Waals surface area contributed by atoms with Crippen LogP contribution in [-0.4, -0.2) is 23.3 Å². The van der Waals surface area contributed by atoms with Gasteiger partial charge in [-0.15, -0.1) is 0 Å². The smallest absolute Gasteiger partial charge is 0.324 e. The highest BCUT2D eigenvalue weighted by molar-refractivity contribution is 5.78. The number of aromatic hydroxyl groups is 1. The summed E-state index contributed by atoms with van der Waals surface area (Å²) in [4.78, 5) is 11.2. The van der Waals surface area contributed by atoms with E-state index in [0.29, 0.717) is 31.4 Å². The van der Waals surface area contributed by atoms with Crippen LogP contribution in [0, 0.1) is 16.7 Å². The highest BCUT2D eigenvalue weighted by Crippen LogP contribution is 2.44. The second-order valence-corrected chi connectivity index (χ2v) is 5.20. The fraction of sp³-hybridized carbons (Fsp3) is 0.467. The number of carboxylic acid groups (broad SMARTS) is 1. The standard InChI is InChI=1S/C15H17NO4/c1-20-13-3-2-11(8-12(13)17)10-4-6-15(9-16,7-5-10)14(18)19/h2-3,8,10,17H,4-7H2,1H3,(H,18,19). The third kappa shape index (κ3) is 2.42. The molecule has 0 spiro atoms. The molecule has 1 saturated carbocycles. The first-order valence-electron chi connectivity index (χ1n) is 6.54. The maximum atomic E-state index is 11.2. The van der Waals surface area contributed by atoms with E-state index in [9.17, 15) is 15.0 Å². The number of phenols is 1. The first kappa shape index (κ1) is 14.2. The third-order valence-electron chi connectivity index (χ3n) is 4.14. The minimum absolute atomic E-state index is 0.0837. The number of methoxy groups -OCH3 is 1. The molecule has 1 aliphatic rings. The van der Waals surface area contributed by atoms with Crippen molar-refractivity contribution < 1.29 is 19.7 Å². The van der Waals surface area contributed by atoms with Gasteiger partial charge in [0, 0.05) is 0 Å². The highest BCUT2D eigenvalue weighted by Gasteiger charge is 2.42. The van der Waals surface area contributed by atoms with Gasteiger partial charge >= 0.3 is 5.97 Å². The first-order chi connectivity index (χ1) is 9.52. The van der Waals surface area contributed by atoms with Gasteiger partial charge in [0.15, 0.2) is 16.9 Å².